The minimum absolute atomic E-state index is 0.00131. The second-order valence-corrected chi connectivity index (χ2v) is 7.39. The molecule has 1 unspecified atom stereocenters. The van der Waals surface area contributed by atoms with Crippen molar-refractivity contribution < 1.29 is 38.4 Å². The third-order valence-corrected chi connectivity index (χ3v) is 4.84. The predicted molar refractivity (Wildman–Crippen MR) is 116 cm³/mol. The Morgan fingerprint density at radius 1 is 0.677 bits per heavy atom. The highest BCUT2D eigenvalue weighted by Crippen LogP contribution is 2.22. The molecule has 0 saturated heterocycles. The highest BCUT2D eigenvalue weighted by atomic mass is 16.6. The third-order valence-electron chi connectivity index (χ3n) is 4.84. The highest BCUT2D eigenvalue weighted by Gasteiger charge is 2.58. The number of hydrogen-bond acceptors (Lipinski definition) is 8. The van der Waals surface area contributed by atoms with Gasteiger partial charge in [-0.15, -0.1) is 0 Å². The average Bonchev–Trinajstić information content (AvgIpc) is 2.74. The van der Waals surface area contributed by atoms with Gasteiger partial charge in [0.1, 0.15) is 0 Å². The van der Waals surface area contributed by atoms with E-state index in [0.717, 1.165) is 19.3 Å². The van der Waals surface area contributed by atoms with Crippen molar-refractivity contribution in [2.24, 2.45) is 0 Å². The standard InChI is InChI=1S/C23H42O8/c1-5-9-10-11-12-13-14-15-16-17-18-31-19(20(24)28-6-2)23(27,21(25)29-7-3)22(26)30-8-4/h19,27H,5-18H2,1-4H3. The van der Waals surface area contributed by atoms with Crippen LogP contribution in [-0.4, -0.2) is 61.1 Å². The molecule has 0 aromatic carbocycles. The van der Waals surface area contributed by atoms with Crippen molar-refractivity contribution in [2.45, 2.75) is 104 Å². The van der Waals surface area contributed by atoms with E-state index in [-0.39, 0.29) is 26.4 Å². The molecule has 0 aliphatic rings. The summed E-state index contributed by atoms with van der Waals surface area (Å²) in [4.78, 5) is 37.1. The van der Waals surface area contributed by atoms with Crippen LogP contribution in [0.2, 0.25) is 0 Å². The summed E-state index contributed by atoms with van der Waals surface area (Å²) < 4.78 is 20.0. The van der Waals surface area contributed by atoms with Gasteiger partial charge in [-0.25, -0.2) is 14.4 Å². The van der Waals surface area contributed by atoms with Crippen LogP contribution in [0.15, 0.2) is 0 Å². The molecule has 182 valence electrons. The topological polar surface area (TPSA) is 108 Å². The molecule has 0 aromatic heterocycles. The Hall–Kier alpha value is -1.67. The smallest absolute Gasteiger partial charge is 0.353 e. The van der Waals surface area contributed by atoms with Gasteiger partial charge >= 0.3 is 17.9 Å². The fraction of sp³-hybridized carbons (Fsp3) is 0.870. The molecule has 8 nitrogen and oxygen atoms in total. The van der Waals surface area contributed by atoms with Gasteiger partial charge in [-0.2, -0.15) is 0 Å². The molecular weight excluding hydrogens is 404 g/mol. The van der Waals surface area contributed by atoms with Gasteiger partial charge in [0.2, 0.25) is 6.10 Å². The van der Waals surface area contributed by atoms with E-state index in [2.05, 4.69) is 6.92 Å². The van der Waals surface area contributed by atoms with E-state index >= 15 is 0 Å². The van der Waals surface area contributed by atoms with Crippen LogP contribution < -0.4 is 0 Å². The molecule has 8 heteroatoms. The zero-order valence-electron chi connectivity index (χ0n) is 19.8. The molecule has 0 aliphatic carbocycles. The van der Waals surface area contributed by atoms with Crippen molar-refractivity contribution in [1.29, 1.82) is 0 Å². The van der Waals surface area contributed by atoms with E-state index in [9.17, 15) is 19.5 Å². The van der Waals surface area contributed by atoms with E-state index in [4.69, 9.17) is 18.9 Å². The zero-order chi connectivity index (χ0) is 23.5. The molecule has 1 N–H and O–H groups in total. The van der Waals surface area contributed by atoms with Gasteiger partial charge in [-0.1, -0.05) is 64.7 Å². The van der Waals surface area contributed by atoms with Gasteiger partial charge < -0.3 is 24.1 Å². The second kappa shape index (κ2) is 18.0. The Morgan fingerprint density at radius 2 is 1.10 bits per heavy atom. The lowest BCUT2D eigenvalue weighted by atomic mass is 9.96. The quantitative estimate of drug-likeness (QED) is 0.138. The second-order valence-electron chi connectivity index (χ2n) is 7.39. The summed E-state index contributed by atoms with van der Waals surface area (Å²) in [6, 6.07) is 0. The largest absolute Gasteiger partial charge is 0.464 e. The minimum Gasteiger partial charge on any atom is -0.464 e. The van der Waals surface area contributed by atoms with E-state index < -0.39 is 29.6 Å². The molecule has 0 spiro atoms. The van der Waals surface area contributed by atoms with Gasteiger partial charge in [0.25, 0.3) is 5.60 Å². The highest BCUT2D eigenvalue weighted by molar-refractivity contribution is 6.08. The van der Waals surface area contributed by atoms with Crippen molar-refractivity contribution in [3.05, 3.63) is 0 Å². The van der Waals surface area contributed by atoms with Crippen molar-refractivity contribution in [3.8, 4) is 0 Å². The summed E-state index contributed by atoms with van der Waals surface area (Å²) in [7, 11) is 0. The van der Waals surface area contributed by atoms with Crippen LogP contribution in [0.1, 0.15) is 91.9 Å². The first-order chi connectivity index (χ1) is 14.9. The Balaban J connectivity index is 4.78. The normalized spacial score (nSPS) is 12.3. The number of ether oxygens (including phenoxy) is 4. The van der Waals surface area contributed by atoms with Gasteiger partial charge in [-0.3, -0.25) is 0 Å². The molecule has 0 aromatic rings. The molecule has 0 saturated carbocycles. The van der Waals surface area contributed by atoms with E-state index in [1.54, 1.807) is 6.92 Å². The predicted octanol–water partition coefficient (Wildman–Crippen LogP) is 3.71. The monoisotopic (exact) mass is 446 g/mol. The van der Waals surface area contributed by atoms with Gasteiger partial charge in [-0.05, 0) is 27.2 Å². The molecule has 0 radical (unpaired) electrons. The number of aliphatic hydroxyl groups is 1. The first-order valence-electron chi connectivity index (χ1n) is 11.7. The fourth-order valence-electron chi connectivity index (χ4n) is 3.15. The number of carbonyl (C=O) groups excluding carboxylic acids is 3. The van der Waals surface area contributed by atoms with Crippen molar-refractivity contribution >= 4 is 17.9 Å². The zero-order valence-corrected chi connectivity index (χ0v) is 19.8. The van der Waals surface area contributed by atoms with E-state index in [1.807, 2.05) is 0 Å². The molecule has 0 fully saturated rings. The van der Waals surface area contributed by atoms with Crippen LogP contribution in [0.4, 0.5) is 0 Å². The van der Waals surface area contributed by atoms with Gasteiger partial charge in [0.15, 0.2) is 0 Å². The minimum atomic E-state index is -2.92. The van der Waals surface area contributed by atoms with Crippen LogP contribution in [0.3, 0.4) is 0 Å². The van der Waals surface area contributed by atoms with Crippen LogP contribution in [-0.2, 0) is 33.3 Å². The maximum atomic E-state index is 12.4. The van der Waals surface area contributed by atoms with Crippen LogP contribution in [0.5, 0.6) is 0 Å². The molecule has 0 heterocycles. The first-order valence-corrected chi connectivity index (χ1v) is 11.7. The van der Waals surface area contributed by atoms with Crippen molar-refractivity contribution in [3.63, 3.8) is 0 Å². The number of rotatable bonds is 19. The Kier molecular flexibility index (Phi) is 17.0. The lowest BCUT2D eigenvalue weighted by Gasteiger charge is -2.30. The Labute approximate surface area is 187 Å². The molecule has 1 atom stereocenters. The molecule has 0 aliphatic heterocycles. The number of carbonyl (C=O) groups is 3. The molecule has 0 amide bonds. The van der Waals surface area contributed by atoms with Crippen molar-refractivity contribution in [2.75, 3.05) is 26.4 Å². The van der Waals surface area contributed by atoms with E-state index in [1.165, 1.54) is 52.4 Å². The van der Waals surface area contributed by atoms with Crippen LogP contribution in [0, 0.1) is 0 Å². The summed E-state index contributed by atoms with van der Waals surface area (Å²) in [6.45, 7) is 6.73. The lowest BCUT2D eigenvalue weighted by Crippen LogP contribution is -2.61. The summed E-state index contributed by atoms with van der Waals surface area (Å²) in [6.07, 6.45) is 9.34. The van der Waals surface area contributed by atoms with Gasteiger partial charge in [0.05, 0.1) is 19.8 Å². The summed E-state index contributed by atoms with van der Waals surface area (Å²) in [5.74, 6) is -3.61. The average molecular weight is 447 g/mol. The summed E-state index contributed by atoms with van der Waals surface area (Å²) >= 11 is 0. The maximum Gasteiger partial charge on any atom is 0.353 e. The summed E-state index contributed by atoms with van der Waals surface area (Å²) in [5, 5.41) is 10.9. The lowest BCUT2D eigenvalue weighted by molar-refractivity contribution is -0.208. The third kappa shape index (κ3) is 11.0. The first kappa shape index (κ1) is 29.3. The van der Waals surface area contributed by atoms with Crippen LogP contribution >= 0.6 is 0 Å². The Bertz CT molecular complexity index is 488. The number of hydrogen-bond donors (Lipinski definition) is 1. The van der Waals surface area contributed by atoms with Crippen LogP contribution in [0.25, 0.3) is 0 Å². The molecule has 0 bridgehead atoms. The fourth-order valence-corrected chi connectivity index (χ4v) is 3.15. The summed E-state index contributed by atoms with van der Waals surface area (Å²) in [5.41, 5.74) is -2.92. The number of esters is 3. The van der Waals surface area contributed by atoms with Gasteiger partial charge in [0, 0.05) is 6.61 Å². The Morgan fingerprint density at radius 3 is 1.52 bits per heavy atom. The number of unbranched alkanes of at least 4 members (excludes halogenated alkanes) is 9. The molecule has 31 heavy (non-hydrogen) atoms. The molecular formula is C23H42O8. The molecule has 0 rings (SSSR count). The SMILES string of the molecule is CCCCCCCCCCCCOC(C(=O)OCC)C(O)(C(=O)OCC)C(=O)OCC. The van der Waals surface area contributed by atoms with E-state index in [0.29, 0.717) is 6.42 Å². The maximum absolute atomic E-state index is 12.4. The van der Waals surface area contributed by atoms with Crippen molar-refractivity contribution in [1.82, 2.24) is 0 Å².